The zero-order chi connectivity index (χ0) is 18.2. The summed E-state index contributed by atoms with van der Waals surface area (Å²) in [5.41, 5.74) is 6.22. The van der Waals surface area contributed by atoms with Crippen LogP contribution in [-0.2, 0) is 0 Å². The minimum Gasteiger partial charge on any atom is -0.244 e. The number of hydrogen-bond acceptors (Lipinski definition) is 2. The predicted octanol–water partition coefficient (Wildman–Crippen LogP) is 5.83. The third-order valence-electron chi connectivity index (χ3n) is 3.60. The van der Waals surface area contributed by atoms with E-state index >= 15 is 0 Å². The van der Waals surface area contributed by atoms with E-state index in [1.165, 1.54) is 0 Å². The van der Waals surface area contributed by atoms with Crippen molar-refractivity contribution in [3.8, 4) is 23.6 Å². The molecule has 0 radical (unpaired) electrons. The van der Waals surface area contributed by atoms with Gasteiger partial charge >= 0.3 is 0 Å². The lowest BCUT2D eigenvalue weighted by atomic mass is 10.0. The second-order valence-corrected chi connectivity index (χ2v) is 5.25. The van der Waals surface area contributed by atoms with E-state index in [2.05, 4.69) is 12.5 Å². The van der Waals surface area contributed by atoms with E-state index < -0.39 is 0 Å². The maximum Gasteiger partial charge on any atom is 0.0979 e. The maximum atomic E-state index is 5.45. The Kier molecular flexibility index (Phi) is 6.26. The summed E-state index contributed by atoms with van der Waals surface area (Å²) in [6.07, 6.45) is 8.84. The monoisotopic (exact) mass is 326 g/mol. The molecule has 0 unspecified atom stereocenters. The Balaban J connectivity index is 0.00000109. The molecule has 0 saturated carbocycles. The van der Waals surface area contributed by atoms with Crippen molar-refractivity contribution in [2.24, 2.45) is 0 Å². The molecule has 0 aliphatic carbocycles. The summed E-state index contributed by atoms with van der Waals surface area (Å²) in [6.45, 7) is 9.90. The molecule has 1 aromatic heterocycles. The summed E-state index contributed by atoms with van der Waals surface area (Å²) in [7, 11) is 0. The fourth-order valence-corrected chi connectivity index (χ4v) is 2.48. The van der Waals surface area contributed by atoms with Crippen molar-refractivity contribution in [1.82, 2.24) is 9.97 Å². The lowest BCUT2D eigenvalue weighted by molar-refractivity contribution is 1.25. The summed E-state index contributed by atoms with van der Waals surface area (Å²) in [5.74, 6) is 2.55. The average molecular weight is 326 g/mol. The molecule has 0 amide bonds. The number of rotatable bonds is 3. The van der Waals surface area contributed by atoms with E-state index in [4.69, 9.17) is 16.4 Å². The lowest BCUT2D eigenvalue weighted by Gasteiger charge is -2.11. The molecule has 3 rings (SSSR count). The van der Waals surface area contributed by atoms with Gasteiger partial charge in [-0.25, -0.2) is 9.97 Å². The van der Waals surface area contributed by atoms with Crippen LogP contribution < -0.4 is 0 Å². The lowest BCUT2D eigenvalue weighted by Crippen LogP contribution is -1.98. The van der Waals surface area contributed by atoms with Crippen molar-refractivity contribution >= 4 is 16.6 Å². The summed E-state index contributed by atoms with van der Waals surface area (Å²) in [6, 6.07) is 16.0. The molecular formula is C23H22N2. The molecule has 0 bridgehead atoms. The van der Waals surface area contributed by atoms with Crippen molar-refractivity contribution in [1.29, 1.82) is 0 Å². The van der Waals surface area contributed by atoms with Gasteiger partial charge in [0, 0.05) is 11.1 Å². The van der Waals surface area contributed by atoms with E-state index in [1.807, 2.05) is 69.3 Å². The predicted molar refractivity (Wildman–Crippen MR) is 108 cm³/mol. The molecule has 2 heteroatoms. The first-order valence-electron chi connectivity index (χ1n) is 8.36. The molecule has 2 aromatic carbocycles. The zero-order valence-corrected chi connectivity index (χ0v) is 15.0. The largest absolute Gasteiger partial charge is 0.244 e. The Labute approximate surface area is 150 Å². The van der Waals surface area contributed by atoms with Crippen LogP contribution in [0.3, 0.4) is 0 Å². The standard InChI is InChI=1S/C21H16N2.C2H6/c1-4-9-16(5-2)20-21(17-10-7-6-8-11-17)22-18-13-12-15(3)14-19(18)23-20;1-2/h1,5-14H,2H2,3H3;1-2H3/b16-9+;. The second-order valence-electron chi connectivity index (χ2n) is 5.25. The summed E-state index contributed by atoms with van der Waals surface area (Å²) in [5, 5.41) is 0. The molecule has 3 aromatic rings. The zero-order valence-electron chi connectivity index (χ0n) is 15.0. The Hall–Kier alpha value is -3.18. The highest BCUT2D eigenvalue weighted by Crippen LogP contribution is 2.28. The van der Waals surface area contributed by atoms with Crippen LogP contribution in [0.15, 0.2) is 67.3 Å². The van der Waals surface area contributed by atoms with Gasteiger partial charge in [0.1, 0.15) is 0 Å². The quantitative estimate of drug-likeness (QED) is 0.447. The van der Waals surface area contributed by atoms with Crippen LogP contribution >= 0.6 is 0 Å². The van der Waals surface area contributed by atoms with Crippen LogP contribution in [0.4, 0.5) is 0 Å². The number of hydrogen-bond donors (Lipinski definition) is 0. The molecule has 0 spiro atoms. The van der Waals surface area contributed by atoms with Gasteiger partial charge in [0.2, 0.25) is 0 Å². The van der Waals surface area contributed by atoms with E-state index in [-0.39, 0.29) is 0 Å². The summed E-state index contributed by atoms with van der Waals surface area (Å²) in [4.78, 5) is 9.62. The molecule has 2 nitrogen and oxygen atoms in total. The Morgan fingerprint density at radius 1 is 1.04 bits per heavy atom. The molecule has 0 N–H and O–H groups in total. The minimum atomic E-state index is 0.752. The van der Waals surface area contributed by atoms with Gasteiger partial charge in [0.15, 0.2) is 0 Å². The first-order valence-corrected chi connectivity index (χ1v) is 8.36. The van der Waals surface area contributed by atoms with Gasteiger partial charge in [-0.2, -0.15) is 0 Å². The number of aromatic nitrogens is 2. The van der Waals surface area contributed by atoms with E-state index in [0.29, 0.717) is 0 Å². The summed E-state index contributed by atoms with van der Waals surface area (Å²) >= 11 is 0. The van der Waals surface area contributed by atoms with Crippen LogP contribution in [0.1, 0.15) is 25.1 Å². The van der Waals surface area contributed by atoms with Crippen LogP contribution in [0, 0.1) is 19.3 Å². The number of aryl methyl sites for hydroxylation is 1. The van der Waals surface area contributed by atoms with Gasteiger partial charge < -0.3 is 0 Å². The number of fused-ring (bicyclic) bond motifs is 1. The maximum absolute atomic E-state index is 5.45. The molecule has 124 valence electrons. The van der Waals surface area contributed by atoms with Crippen LogP contribution in [-0.4, -0.2) is 9.97 Å². The van der Waals surface area contributed by atoms with Crippen molar-refractivity contribution in [2.45, 2.75) is 20.8 Å². The Morgan fingerprint density at radius 2 is 1.76 bits per heavy atom. The number of terminal acetylenes is 1. The van der Waals surface area contributed by atoms with Gasteiger partial charge in [-0.05, 0) is 30.7 Å². The van der Waals surface area contributed by atoms with Crippen LogP contribution in [0.5, 0.6) is 0 Å². The topological polar surface area (TPSA) is 25.8 Å². The highest BCUT2D eigenvalue weighted by molar-refractivity contribution is 5.87. The van der Waals surface area contributed by atoms with E-state index in [0.717, 1.165) is 39.1 Å². The molecule has 0 saturated heterocycles. The Morgan fingerprint density at radius 3 is 2.40 bits per heavy atom. The van der Waals surface area contributed by atoms with E-state index in [9.17, 15) is 0 Å². The third kappa shape index (κ3) is 4.02. The number of nitrogens with zero attached hydrogens (tertiary/aromatic N) is 2. The van der Waals surface area contributed by atoms with Crippen molar-refractivity contribution in [3.63, 3.8) is 0 Å². The van der Waals surface area contributed by atoms with Crippen molar-refractivity contribution < 1.29 is 0 Å². The highest BCUT2D eigenvalue weighted by atomic mass is 14.8. The van der Waals surface area contributed by atoms with Gasteiger partial charge in [-0.15, -0.1) is 6.42 Å². The minimum absolute atomic E-state index is 0.752. The van der Waals surface area contributed by atoms with Crippen molar-refractivity contribution in [3.05, 3.63) is 78.5 Å². The van der Waals surface area contributed by atoms with Crippen molar-refractivity contribution in [2.75, 3.05) is 0 Å². The SMILES string of the molecule is C#C/C=C(\C=C)c1nc2cc(C)ccc2nc1-c1ccccc1.CC. The van der Waals surface area contributed by atoms with Gasteiger partial charge in [0.05, 0.1) is 22.4 Å². The molecule has 0 aliphatic rings. The average Bonchev–Trinajstić information content (AvgIpc) is 2.67. The first kappa shape index (κ1) is 18.2. The first-order chi connectivity index (χ1) is 12.2. The number of benzene rings is 2. The fraction of sp³-hybridized carbons (Fsp3) is 0.130. The normalized spacial score (nSPS) is 10.6. The van der Waals surface area contributed by atoms with Gasteiger partial charge in [-0.1, -0.05) is 68.8 Å². The second kappa shape index (κ2) is 8.61. The fourth-order valence-electron chi connectivity index (χ4n) is 2.48. The highest BCUT2D eigenvalue weighted by Gasteiger charge is 2.13. The smallest absolute Gasteiger partial charge is 0.0979 e. The molecule has 0 fully saturated rings. The van der Waals surface area contributed by atoms with Crippen LogP contribution in [0.2, 0.25) is 0 Å². The van der Waals surface area contributed by atoms with Gasteiger partial charge in [0.25, 0.3) is 0 Å². The van der Waals surface area contributed by atoms with Crippen LogP contribution in [0.25, 0.3) is 27.9 Å². The number of allylic oxidation sites excluding steroid dienone is 3. The molecule has 25 heavy (non-hydrogen) atoms. The molecular weight excluding hydrogens is 304 g/mol. The Bertz CT molecular complexity index is 945. The molecule has 0 aliphatic heterocycles. The third-order valence-corrected chi connectivity index (χ3v) is 3.60. The molecule has 0 atom stereocenters. The molecule has 1 heterocycles. The van der Waals surface area contributed by atoms with Gasteiger partial charge in [-0.3, -0.25) is 0 Å². The summed E-state index contributed by atoms with van der Waals surface area (Å²) < 4.78 is 0. The van der Waals surface area contributed by atoms with E-state index in [1.54, 1.807) is 12.2 Å².